The molecule has 4 nitrogen and oxygen atoms in total. The molecule has 1 aliphatic heterocycles. The predicted molar refractivity (Wildman–Crippen MR) is 107 cm³/mol. The number of carbonyl (C=O) groups is 1. The molecular formula is C22H25N3O. The summed E-state index contributed by atoms with van der Waals surface area (Å²) in [6.07, 6.45) is 0.943. The Morgan fingerprint density at radius 3 is 2.46 bits per heavy atom. The average Bonchev–Trinajstić information content (AvgIpc) is 3.08. The molecule has 1 amide bonds. The number of fused-ring (bicyclic) bond motifs is 2. The number of hydrogen-bond donors (Lipinski definition) is 0. The second kappa shape index (κ2) is 6.20. The second-order valence-corrected chi connectivity index (χ2v) is 7.20. The van der Waals surface area contributed by atoms with Crippen LogP contribution in [0, 0.1) is 0 Å². The van der Waals surface area contributed by atoms with Crippen LogP contribution in [0.4, 0.5) is 5.82 Å². The van der Waals surface area contributed by atoms with Gasteiger partial charge in [-0.1, -0.05) is 43.3 Å². The lowest BCUT2D eigenvalue weighted by molar-refractivity contribution is 0.0751. The summed E-state index contributed by atoms with van der Waals surface area (Å²) < 4.78 is 2.24. The summed E-state index contributed by atoms with van der Waals surface area (Å²) in [7, 11) is 6.25. The van der Waals surface area contributed by atoms with Crippen molar-refractivity contribution in [1.82, 2.24) is 9.47 Å². The van der Waals surface area contributed by atoms with Gasteiger partial charge in [0.25, 0.3) is 5.91 Å². The first kappa shape index (κ1) is 16.7. The molecule has 2 aromatic carbocycles. The van der Waals surface area contributed by atoms with Crippen molar-refractivity contribution < 1.29 is 4.79 Å². The van der Waals surface area contributed by atoms with Crippen LogP contribution in [0.3, 0.4) is 0 Å². The zero-order valence-corrected chi connectivity index (χ0v) is 15.9. The maximum absolute atomic E-state index is 13.1. The van der Waals surface area contributed by atoms with Crippen molar-refractivity contribution in [1.29, 1.82) is 0 Å². The first-order chi connectivity index (χ1) is 12.6. The quantitative estimate of drug-likeness (QED) is 0.708. The molecule has 4 heteroatoms. The topological polar surface area (TPSA) is 28.5 Å². The minimum atomic E-state index is -0.0397. The summed E-state index contributed by atoms with van der Waals surface area (Å²) in [5.74, 6) is 1.30. The number of nitrogens with zero attached hydrogens (tertiary/aromatic N) is 3. The Kier molecular flexibility index (Phi) is 3.98. The molecule has 0 fully saturated rings. The van der Waals surface area contributed by atoms with Crippen molar-refractivity contribution in [3.63, 3.8) is 0 Å². The van der Waals surface area contributed by atoms with E-state index >= 15 is 0 Å². The third kappa shape index (κ3) is 2.25. The molecule has 0 unspecified atom stereocenters. The largest absolute Gasteiger partial charge is 0.364 e. The fourth-order valence-electron chi connectivity index (χ4n) is 4.37. The van der Waals surface area contributed by atoms with Crippen LogP contribution >= 0.6 is 0 Å². The molecule has 2 heterocycles. The molecule has 3 aromatic rings. The van der Waals surface area contributed by atoms with Crippen LogP contribution in [0.2, 0.25) is 0 Å². The highest BCUT2D eigenvalue weighted by Gasteiger charge is 2.40. The number of amides is 1. The summed E-state index contributed by atoms with van der Waals surface area (Å²) in [6, 6.07) is 16.5. The fourth-order valence-corrected chi connectivity index (χ4v) is 4.37. The van der Waals surface area contributed by atoms with E-state index in [4.69, 9.17) is 0 Å². The van der Waals surface area contributed by atoms with Gasteiger partial charge in [0, 0.05) is 49.7 Å². The summed E-state index contributed by atoms with van der Waals surface area (Å²) in [6.45, 7) is 2.89. The third-order valence-electron chi connectivity index (χ3n) is 5.33. The first-order valence-corrected chi connectivity index (χ1v) is 9.20. The van der Waals surface area contributed by atoms with Crippen LogP contribution in [0.15, 0.2) is 48.5 Å². The molecule has 4 rings (SSSR count). The van der Waals surface area contributed by atoms with Gasteiger partial charge in [-0.2, -0.15) is 0 Å². The molecule has 134 valence electrons. The zero-order chi connectivity index (χ0) is 18.4. The summed E-state index contributed by atoms with van der Waals surface area (Å²) >= 11 is 0. The highest BCUT2D eigenvalue weighted by molar-refractivity contribution is 6.02. The van der Waals surface area contributed by atoms with Gasteiger partial charge in [-0.3, -0.25) is 4.79 Å². The minimum Gasteiger partial charge on any atom is -0.364 e. The number of benzene rings is 2. The van der Waals surface area contributed by atoms with Gasteiger partial charge >= 0.3 is 0 Å². The summed E-state index contributed by atoms with van der Waals surface area (Å²) in [5, 5.41) is 1.22. The predicted octanol–water partition coefficient (Wildman–Crippen LogP) is 4.20. The van der Waals surface area contributed by atoms with Gasteiger partial charge < -0.3 is 14.4 Å². The maximum Gasteiger partial charge on any atom is 0.255 e. The highest BCUT2D eigenvalue weighted by Crippen LogP contribution is 2.45. The molecule has 0 saturated heterocycles. The first-order valence-electron chi connectivity index (χ1n) is 9.20. The van der Waals surface area contributed by atoms with Crippen LogP contribution < -0.4 is 4.90 Å². The van der Waals surface area contributed by atoms with E-state index < -0.39 is 0 Å². The van der Waals surface area contributed by atoms with Gasteiger partial charge in [-0.05, 0) is 24.1 Å². The van der Waals surface area contributed by atoms with E-state index in [0.717, 1.165) is 29.9 Å². The van der Waals surface area contributed by atoms with Crippen molar-refractivity contribution in [2.75, 3.05) is 25.5 Å². The van der Waals surface area contributed by atoms with Gasteiger partial charge in [-0.15, -0.1) is 0 Å². The Hall–Kier alpha value is -2.75. The van der Waals surface area contributed by atoms with Gasteiger partial charge in [0.2, 0.25) is 0 Å². The van der Waals surface area contributed by atoms with Crippen molar-refractivity contribution in [3.05, 3.63) is 65.2 Å². The molecular weight excluding hydrogens is 322 g/mol. The molecule has 1 aromatic heterocycles. The highest BCUT2D eigenvalue weighted by atomic mass is 16.2. The molecule has 0 aliphatic carbocycles. The lowest BCUT2D eigenvalue weighted by atomic mass is 9.96. The molecule has 0 N–H and O–H groups in total. The number of rotatable bonds is 4. The van der Waals surface area contributed by atoms with Gasteiger partial charge in [0.1, 0.15) is 5.82 Å². The lowest BCUT2D eigenvalue weighted by Gasteiger charge is -2.28. The number of anilines is 1. The van der Waals surface area contributed by atoms with E-state index in [1.54, 1.807) is 0 Å². The summed E-state index contributed by atoms with van der Waals surface area (Å²) in [4.78, 5) is 17.3. The number of carbonyl (C=O) groups excluding carboxylic acids is 1. The Balaban J connectivity index is 2.05. The number of aryl methyl sites for hydroxylation is 1. The van der Waals surface area contributed by atoms with Crippen LogP contribution in [-0.4, -0.2) is 36.0 Å². The average molecular weight is 347 g/mol. The number of para-hydroxylation sites is 1. The number of hydrogen-bond acceptors (Lipinski definition) is 2. The smallest absolute Gasteiger partial charge is 0.255 e. The van der Waals surface area contributed by atoms with Crippen molar-refractivity contribution in [3.8, 4) is 0 Å². The Morgan fingerprint density at radius 2 is 1.73 bits per heavy atom. The molecule has 1 atom stereocenters. The summed E-state index contributed by atoms with van der Waals surface area (Å²) in [5.41, 5.74) is 4.37. The Bertz CT molecular complexity index is 986. The van der Waals surface area contributed by atoms with Crippen LogP contribution in [-0.2, 0) is 7.05 Å². The molecule has 0 bridgehead atoms. The van der Waals surface area contributed by atoms with E-state index in [0.29, 0.717) is 0 Å². The maximum atomic E-state index is 13.1. The molecule has 26 heavy (non-hydrogen) atoms. The molecule has 1 aliphatic rings. The third-order valence-corrected chi connectivity index (χ3v) is 5.33. The van der Waals surface area contributed by atoms with Gasteiger partial charge in [-0.25, -0.2) is 0 Å². The second-order valence-electron chi connectivity index (χ2n) is 7.20. The Morgan fingerprint density at radius 1 is 1.04 bits per heavy atom. The standard InChI is InChI=1S/C22H25N3O/c1-5-14-25-20(15-10-6-7-11-16(15)22(25)26)19-17-12-8-9-13-18(17)24(4)21(19)23(2)3/h6-13,20H,5,14H2,1-4H3/t20-/m0/s1. The van der Waals surface area contributed by atoms with E-state index in [2.05, 4.69) is 67.9 Å². The van der Waals surface area contributed by atoms with Crippen LogP contribution in [0.25, 0.3) is 10.9 Å². The van der Waals surface area contributed by atoms with Crippen LogP contribution in [0.5, 0.6) is 0 Å². The van der Waals surface area contributed by atoms with Gasteiger partial charge in [0.15, 0.2) is 0 Å². The molecule has 0 spiro atoms. The Labute approximate surface area is 154 Å². The fraction of sp³-hybridized carbons (Fsp3) is 0.318. The van der Waals surface area contributed by atoms with Gasteiger partial charge in [0.05, 0.1) is 6.04 Å². The number of aromatic nitrogens is 1. The SMILES string of the molecule is CCCN1C(=O)c2ccccc2[C@H]1c1c(N(C)C)n(C)c2ccccc12. The monoisotopic (exact) mass is 347 g/mol. The van der Waals surface area contributed by atoms with Crippen LogP contribution in [0.1, 0.15) is 40.9 Å². The molecule has 0 radical (unpaired) electrons. The zero-order valence-electron chi connectivity index (χ0n) is 15.9. The lowest BCUT2D eigenvalue weighted by Crippen LogP contribution is -2.30. The van der Waals surface area contributed by atoms with E-state index in [1.165, 1.54) is 16.5 Å². The van der Waals surface area contributed by atoms with Crippen molar-refractivity contribution >= 4 is 22.6 Å². The van der Waals surface area contributed by atoms with E-state index in [-0.39, 0.29) is 11.9 Å². The van der Waals surface area contributed by atoms with Crippen molar-refractivity contribution in [2.45, 2.75) is 19.4 Å². The van der Waals surface area contributed by atoms with E-state index in [9.17, 15) is 4.79 Å². The minimum absolute atomic E-state index is 0.0397. The van der Waals surface area contributed by atoms with E-state index in [1.807, 2.05) is 23.1 Å². The molecule has 0 saturated carbocycles. The van der Waals surface area contributed by atoms with Crippen molar-refractivity contribution in [2.24, 2.45) is 7.05 Å². The normalized spacial score (nSPS) is 16.4.